The third-order valence-corrected chi connectivity index (χ3v) is 13.2. The summed E-state index contributed by atoms with van der Waals surface area (Å²) in [4.78, 5) is 0. The molecule has 50 valence electrons. The number of hydrogen-bond acceptors (Lipinski definition) is 0. The second-order valence-corrected chi connectivity index (χ2v) is 16.7. The van der Waals surface area contributed by atoms with Crippen LogP contribution in [0.4, 0.5) is 0 Å². The molecule has 0 aromatic heterocycles. The average molecular weight is 287 g/mol. The molecule has 2 heteroatoms. The van der Waals surface area contributed by atoms with Gasteiger partial charge < -0.3 is 0 Å². The van der Waals surface area contributed by atoms with Crippen LogP contribution in [-0.4, -0.2) is 11.0 Å². The molecular formula is C6H15GeI. The Bertz CT molecular complexity index is 47.8. The molecule has 0 rings (SSSR count). The van der Waals surface area contributed by atoms with Gasteiger partial charge in [-0.2, -0.15) is 0 Å². The van der Waals surface area contributed by atoms with Crippen molar-refractivity contribution in [1.29, 1.82) is 0 Å². The number of unbranched alkanes of at least 4 members (excludes halogenated alkanes) is 1. The minimum atomic E-state index is -0.632. The quantitative estimate of drug-likeness (QED) is 0.551. The first kappa shape index (κ1) is 9.27. The predicted molar refractivity (Wildman–Crippen MR) is 51.4 cm³/mol. The maximum absolute atomic E-state index is 2.72. The molecule has 0 N–H and O–H groups in total. The fourth-order valence-corrected chi connectivity index (χ4v) is 5.56. The molecule has 0 saturated carbocycles. The molecule has 0 fully saturated rings. The van der Waals surface area contributed by atoms with Crippen molar-refractivity contribution < 1.29 is 0 Å². The molecule has 1 atom stereocenters. The topological polar surface area (TPSA) is 0 Å². The monoisotopic (exact) mass is 288 g/mol. The Hall–Kier alpha value is 1.27. The molecule has 0 nitrogen and oxygen atoms in total. The van der Waals surface area contributed by atoms with E-state index >= 15 is 0 Å². The summed E-state index contributed by atoms with van der Waals surface area (Å²) in [6.45, 7) is 4.62. The molecule has 0 aliphatic carbocycles. The minimum absolute atomic E-state index is 0.632. The van der Waals surface area contributed by atoms with Gasteiger partial charge in [0.25, 0.3) is 0 Å². The van der Waals surface area contributed by atoms with Gasteiger partial charge in [0.2, 0.25) is 0 Å². The molecular weight excluding hydrogens is 272 g/mol. The molecule has 0 amide bonds. The van der Waals surface area contributed by atoms with Gasteiger partial charge in [-0.25, -0.2) is 0 Å². The Balaban J connectivity index is 2.86. The van der Waals surface area contributed by atoms with E-state index in [0.717, 1.165) is 0 Å². The van der Waals surface area contributed by atoms with Gasteiger partial charge in [-0.1, -0.05) is 0 Å². The Morgan fingerprint density at radius 1 is 1.38 bits per heavy atom. The van der Waals surface area contributed by atoms with E-state index in [-0.39, 0.29) is 0 Å². The summed E-state index contributed by atoms with van der Waals surface area (Å²) in [6.07, 6.45) is 2.88. The molecule has 0 bridgehead atoms. The van der Waals surface area contributed by atoms with Crippen LogP contribution in [0.5, 0.6) is 0 Å². The van der Waals surface area contributed by atoms with E-state index in [1.165, 1.54) is 18.1 Å². The van der Waals surface area contributed by atoms with Gasteiger partial charge in [-0.3, -0.25) is 0 Å². The second kappa shape index (κ2) is 6.39. The zero-order valence-corrected chi connectivity index (χ0v) is 10.4. The summed E-state index contributed by atoms with van der Waals surface area (Å²) in [6, 6.07) is 0. The summed E-state index contributed by atoms with van der Waals surface area (Å²) >= 11 is 2.08. The van der Waals surface area contributed by atoms with Gasteiger partial charge in [-0.15, -0.1) is 0 Å². The fraction of sp³-hybridized carbons (Fsp3) is 1.00. The second-order valence-electron chi connectivity index (χ2n) is 2.15. The summed E-state index contributed by atoms with van der Waals surface area (Å²) in [5, 5.41) is 3.12. The fourth-order valence-electron chi connectivity index (χ4n) is 0.630. The summed E-state index contributed by atoms with van der Waals surface area (Å²) in [5.74, 6) is 0. The van der Waals surface area contributed by atoms with Gasteiger partial charge in [0, 0.05) is 0 Å². The summed E-state index contributed by atoms with van der Waals surface area (Å²) in [5.41, 5.74) is 0. The van der Waals surface area contributed by atoms with E-state index in [9.17, 15) is 0 Å². The zero-order valence-electron chi connectivity index (χ0n) is 5.78. The van der Waals surface area contributed by atoms with E-state index in [1.54, 1.807) is 5.25 Å². The zero-order chi connectivity index (χ0) is 6.41. The van der Waals surface area contributed by atoms with Crippen molar-refractivity contribution in [3.63, 3.8) is 0 Å². The molecule has 1 unspecified atom stereocenters. The normalized spacial score (nSPS) is 13.9. The van der Waals surface area contributed by atoms with Crippen LogP contribution in [0.15, 0.2) is 0 Å². The molecule has 0 spiro atoms. The van der Waals surface area contributed by atoms with Gasteiger partial charge >= 0.3 is 68.5 Å². The summed E-state index contributed by atoms with van der Waals surface area (Å²) in [7, 11) is 0. The number of halogens is 1. The third-order valence-electron chi connectivity index (χ3n) is 1.31. The Morgan fingerprint density at radius 3 is 2.38 bits per heavy atom. The number of rotatable bonds is 4. The molecule has 0 aliphatic heterocycles. The van der Waals surface area contributed by atoms with E-state index in [0.29, 0.717) is 0 Å². The Morgan fingerprint density at radius 2 is 2.00 bits per heavy atom. The van der Waals surface area contributed by atoms with Crippen LogP contribution < -0.4 is 0 Å². The van der Waals surface area contributed by atoms with Crippen LogP contribution in [0.3, 0.4) is 0 Å². The van der Waals surface area contributed by atoms with E-state index < -0.39 is 11.0 Å². The molecule has 0 radical (unpaired) electrons. The van der Waals surface area contributed by atoms with Crippen LogP contribution in [0.2, 0.25) is 10.5 Å². The van der Waals surface area contributed by atoms with Crippen molar-refractivity contribution in [2.75, 3.05) is 0 Å². The predicted octanol–water partition coefficient (Wildman–Crippen LogP) is 2.97. The Kier molecular flexibility index (Phi) is 7.41. The van der Waals surface area contributed by atoms with Crippen LogP contribution in [-0.2, 0) is 0 Å². The Labute approximate surface area is 68.2 Å². The first-order valence-corrected chi connectivity index (χ1v) is 14.3. The van der Waals surface area contributed by atoms with Crippen molar-refractivity contribution >= 4 is 31.3 Å². The van der Waals surface area contributed by atoms with Crippen LogP contribution >= 0.6 is 20.2 Å². The van der Waals surface area contributed by atoms with E-state index in [2.05, 4.69) is 34.1 Å². The molecule has 8 heavy (non-hydrogen) atoms. The molecule has 0 aromatic carbocycles. The summed E-state index contributed by atoms with van der Waals surface area (Å²) < 4.78 is 0. The van der Waals surface area contributed by atoms with Gasteiger partial charge in [0.1, 0.15) is 0 Å². The van der Waals surface area contributed by atoms with E-state index in [4.69, 9.17) is 0 Å². The van der Waals surface area contributed by atoms with Crippen LogP contribution in [0.1, 0.15) is 26.7 Å². The maximum atomic E-state index is 2.72. The van der Waals surface area contributed by atoms with Crippen molar-refractivity contribution in [3.05, 3.63) is 0 Å². The average Bonchev–Trinajstić information content (AvgIpc) is 1.83. The standard InChI is InChI=1S/C6H15GeI/c1-3-5-6-7(8)4-2/h7H,3-6H2,1-2H3. The molecule has 0 saturated heterocycles. The molecule has 0 heterocycles. The first-order chi connectivity index (χ1) is 3.81. The van der Waals surface area contributed by atoms with Gasteiger partial charge in [0.15, 0.2) is 0 Å². The third kappa shape index (κ3) is 5.41. The first-order valence-electron chi connectivity index (χ1n) is 3.45. The van der Waals surface area contributed by atoms with Crippen LogP contribution in [0, 0.1) is 0 Å². The van der Waals surface area contributed by atoms with Gasteiger partial charge in [0.05, 0.1) is 0 Å². The number of hydrogen-bond donors (Lipinski definition) is 0. The van der Waals surface area contributed by atoms with E-state index in [1.807, 2.05) is 0 Å². The molecule has 0 aliphatic rings. The SMILES string of the molecule is CCC[CH2][GeH]([I])[CH2]C. The van der Waals surface area contributed by atoms with Crippen molar-refractivity contribution in [1.82, 2.24) is 0 Å². The van der Waals surface area contributed by atoms with Crippen molar-refractivity contribution in [2.45, 2.75) is 37.2 Å². The van der Waals surface area contributed by atoms with Crippen LogP contribution in [0.25, 0.3) is 0 Å². The van der Waals surface area contributed by atoms with Crippen molar-refractivity contribution in [3.8, 4) is 0 Å². The van der Waals surface area contributed by atoms with Crippen molar-refractivity contribution in [2.24, 2.45) is 0 Å². The molecule has 0 aromatic rings. The van der Waals surface area contributed by atoms with Gasteiger partial charge in [-0.05, 0) is 0 Å².